The lowest BCUT2D eigenvalue weighted by atomic mass is 10.3. The predicted molar refractivity (Wildman–Crippen MR) is 108 cm³/mol. The van der Waals surface area contributed by atoms with E-state index in [0.29, 0.717) is 10.8 Å². The molecule has 140 valence electrons. The number of fused-ring (bicyclic) bond motifs is 1. The summed E-state index contributed by atoms with van der Waals surface area (Å²) in [6.45, 7) is 0. The molecule has 2 heterocycles. The van der Waals surface area contributed by atoms with E-state index in [4.69, 9.17) is 0 Å². The highest BCUT2D eigenvalue weighted by atomic mass is 32.2. The molecule has 0 unspecified atom stereocenters. The van der Waals surface area contributed by atoms with Crippen molar-refractivity contribution in [1.29, 1.82) is 0 Å². The number of imidazole rings is 1. The zero-order valence-corrected chi connectivity index (χ0v) is 15.3. The molecule has 2 aromatic heterocycles. The van der Waals surface area contributed by atoms with E-state index in [0.717, 1.165) is 11.0 Å². The molecule has 0 fully saturated rings. The minimum atomic E-state index is -0.626. The highest BCUT2D eigenvalue weighted by Gasteiger charge is 2.12. The van der Waals surface area contributed by atoms with Gasteiger partial charge in [0.2, 0.25) is 5.91 Å². The Balaban J connectivity index is 1.54. The van der Waals surface area contributed by atoms with Gasteiger partial charge in [0.1, 0.15) is 5.82 Å². The van der Waals surface area contributed by atoms with Crippen LogP contribution in [0.4, 0.5) is 5.82 Å². The maximum atomic E-state index is 12.4. The van der Waals surface area contributed by atoms with Gasteiger partial charge in [0.05, 0.1) is 22.5 Å². The Morgan fingerprint density at radius 1 is 1.04 bits per heavy atom. The van der Waals surface area contributed by atoms with Crippen LogP contribution in [0.25, 0.3) is 16.7 Å². The Kier molecular flexibility index (Phi) is 4.81. The molecule has 0 saturated carbocycles. The van der Waals surface area contributed by atoms with Crippen molar-refractivity contribution in [1.82, 2.24) is 19.5 Å². The number of rotatable bonds is 5. The summed E-state index contributed by atoms with van der Waals surface area (Å²) in [5, 5.41) is 3.25. The van der Waals surface area contributed by atoms with Crippen LogP contribution in [0.1, 0.15) is 0 Å². The lowest BCUT2D eigenvalue weighted by molar-refractivity contribution is -0.113. The fraction of sp³-hybridized carbons (Fsp3) is 0.0526. The van der Waals surface area contributed by atoms with E-state index in [9.17, 15) is 14.4 Å². The van der Waals surface area contributed by atoms with Gasteiger partial charge in [-0.25, -0.2) is 14.3 Å². The Hall–Kier alpha value is -3.59. The number of carbonyl (C=O) groups excluding carboxylic acids is 1. The van der Waals surface area contributed by atoms with E-state index < -0.39 is 11.2 Å². The molecule has 0 bridgehead atoms. The second-order valence-electron chi connectivity index (χ2n) is 5.89. The first-order valence-corrected chi connectivity index (χ1v) is 9.38. The second-order valence-corrected chi connectivity index (χ2v) is 6.85. The number of H-pyrrole nitrogens is 2. The molecular formula is C19H15N5O3S. The van der Waals surface area contributed by atoms with E-state index in [2.05, 4.69) is 20.3 Å². The lowest BCUT2D eigenvalue weighted by Crippen LogP contribution is -2.32. The maximum absolute atomic E-state index is 12.4. The zero-order valence-electron chi connectivity index (χ0n) is 14.5. The predicted octanol–water partition coefficient (Wildman–Crippen LogP) is 2.13. The number of nitrogens with one attached hydrogen (secondary N) is 3. The standard InChI is InChI=1S/C19H15N5O3S/c25-16-10-15(24(19(27)23-16)12-6-2-1-3-7-12)22-17(26)11-28-18-20-13-8-4-5-9-14(13)21-18/h1-10H,11H2,(H,20,21)(H,22,26)(H,23,25,27). The number of thioether (sulfide) groups is 1. The van der Waals surface area contributed by atoms with Crippen LogP contribution in [0, 0.1) is 0 Å². The van der Waals surface area contributed by atoms with Gasteiger partial charge in [0.25, 0.3) is 5.56 Å². The Morgan fingerprint density at radius 2 is 1.79 bits per heavy atom. The molecule has 0 spiro atoms. The van der Waals surface area contributed by atoms with E-state index >= 15 is 0 Å². The van der Waals surface area contributed by atoms with E-state index in [1.165, 1.54) is 22.4 Å². The summed E-state index contributed by atoms with van der Waals surface area (Å²) in [6, 6.07) is 17.5. The minimum Gasteiger partial charge on any atom is -0.333 e. The summed E-state index contributed by atoms with van der Waals surface area (Å²) < 4.78 is 1.24. The topological polar surface area (TPSA) is 113 Å². The summed E-state index contributed by atoms with van der Waals surface area (Å²) in [4.78, 5) is 46.1. The first-order valence-electron chi connectivity index (χ1n) is 8.39. The molecule has 0 radical (unpaired) electrons. The number of aromatic amines is 2. The number of para-hydroxylation sites is 3. The first kappa shape index (κ1) is 17.8. The van der Waals surface area contributed by atoms with Crippen LogP contribution in [-0.4, -0.2) is 31.2 Å². The van der Waals surface area contributed by atoms with Crippen LogP contribution in [0.2, 0.25) is 0 Å². The second kappa shape index (κ2) is 7.57. The maximum Gasteiger partial charge on any atom is 0.334 e. The molecule has 3 N–H and O–H groups in total. The molecule has 0 saturated heterocycles. The molecule has 1 amide bonds. The van der Waals surface area contributed by atoms with Crippen LogP contribution in [-0.2, 0) is 4.79 Å². The molecule has 0 aliphatic heterocycles. The Morgan fingerprint density at radius 3 is 2.57 bits per heavy atom. The molecule has 0 atom stereocenters. The highest BCUT2D eigenvalue weighted by molar-refractivity contribution is 7.99. The summed E-state index contributed by atoms with van der Waals surface area (Å²) in [7, 11) is 0. The van der Waals surface area contributed by atoms with Crippen LogP contribution < -0.4 is 16.6 Å². The molecule has 4 aromatic rings. The van der Waals surface area contributed by atoms with Crippen molar-refractivity contribution >= 4 is 34.5 Å². The molecular weight excluding hydrogens is 378 g/mol. The fourth-order valence-corrected chi connectivity index (χ4v) is 3.42. The molecule has 28 heavy (non-hydrogen) atoms. The number of hydrogen-bond donors (Lipinski definition) is 3. The largest absolute Gasteiger partial charge is 0.334 e. The normalized spacial score (nSPS) is 10.9. The van der Waals surface area contributed by atoms with Gasteiger partial charge in [-0.05, 0) is 24.3 Å². The summed E-state index contributed by atoms with van der Waals surface area (Å²) in [6.07, 6.45) is 0. The number of carbonyl (C=O) groups is 1. The van der Waals surface area contributed by atoms with Crippen molar-refractivity contribution < 1.29 is 4.79 Å². The van der Waals surface area contributed by atoms with Crippen molar-refractivity contribution in [2.75, 3.05) is 11.1 Å². The average Bonchev–Trinajstić information content (AvgIpc) is 3.10. The third-order valence-corrected chi connectivity index (χ3v) is 4.80. The zero-order chi connectivity index (χ0) is 19.5. The van der Waals surface area contributed by atoms with Gasteiger partial charge < -0.3 is 10.3 Å². The van der Waals surface area contributed by atoms with Crippen molar-refractivity contribution in [3.8, 4) is 5.69 Å². The molecule has 8 nitrogen and oxygen atoms in total. The minimum absolute atomic E-state index is 0.0651. The first-order chi connectivity index (χ1) is 13.6. The van der Waals surface area contributed by atoms with Crippen molar-refractivity contribution in [2.45, 2.75) is 5.16 Å². The average molecular weight is 393 g/mol. The monoisotopic (exact) mass is 393 g/mol. The van der Waals surface area contributed by atoms with Gasteiger partial charge in [-0.2, -0.15) is 0 Å². The quantitative estimate of drug-likeness (QED) is 0.450. The highest BCUT2D eigenvalue weighted by Crippen LogP contribution is 2.19. The van der Waals surface area contributed by atoms with Gasteiger partial charge >= 0.3 is 5.69 Å². The molecule has 0 aliphatic rings. The van der Waals surface area contributed by atoms with Gasteiger partial charge in [0.15, 0.2) is 5.16 Å². The summed E-state index contributed by atoms with van der Waals surface area (Å²) in [5.41, 5.74) is 1.02. The third-order valence-electron chi connectivity index (χ3n) is 3.93. The van der Waals surface area contributed by atoms with Gasteiger partial charge in [0, 0.05) is 6.07 Å². The molecule has 0 aliphatic carbocycles. The van der Waals surface area contributed by atoms with Gasteiger partial charge in [-0.15, -0.1) is 0 Å². The van der Waals surface area contributed by atoms with Crippen LogP contribution in [0.15, 0.2) is 75.4 Å². The number of hydrogen-bond acceptors (Lipinski definition) is 5. The van der Waals surface area contributed by atoms with Crippen molar-refractivity contribution in [3.05, 3.63) is 81.5 Å². The number of nitrogens with zero attached hydrogens (tertiary/aromatic N) is 2. The van der Waals surface area contributed by atoms with Gasteiger partial charge in [-0.3, -0.25) is 14.6 Å². The smallest absolute Gasteiger partial charge is 0.333 e. The van der Waals surface area contributed by atoms with Crippen molar-refractivity contribution in [2.24, 2.45) is 0 Å². The van der Waals surface area contributed by atoms with Crippen LogP contribution in [0.5, 0.6) is 0 Å². The number of aromatic nitrogens is 4. The summed E-state index contributed by atoms with van der Waals surface area (Å²) >= 11 is 1.23. The Labute approximate surface area is 162 Å². The number of benzene rings is 2. The number of amides is 1. The molecule has 9 heteroatoms. The van der Waals surface area contributed by atoms with E-state index in [1.807, 2.05) is 30.3 Å². The summed E-state index contributed by atoms with van der Waals surface area (Å²) in [5.74, 6) is -0.189. The SMILES string of the molecule is O=C(CSc1nc2ccccc2[nH]1)Nc1cc(=O)[nH]c(=O)n1-c1ccccc1. The van der Waals surface area contributed by atoms with Crippen molar-refractivity contribution in [3.63, 3.8) is 0 Å². The lowest BCUT2D eigenvalue weighted by Gasteiger charge is -2.12. The fourth-order valence-electron chi connectivity index (χ4n) is 2.73. The molecule has 2 aromatic carbocycles. The molecule has 4 rings (SSSR count). The third kappa shape index (κ3) is 3.74. The van der Waals surface area contributed by atoms with Crippen LogP contribution in [0.3, 0.4) is 0 Å². The number of anilines is 1. The van der Waals surface area contributed by atoms with Gasteiger partial charge in [-0.1, -0.05) is 42.1 Å². The Bertz CT molecular complexity index is 1230. The van der Waals surface area contributed by atoms with E-state index in [1.54, 1.807) is 24.3 Å². The van der Waals surface area contributed by atoms with E-state index in [-0.39, 0.29) is 17.5 Å². The van der Waals surface area contributed by atoms with Crippen LogP contribution >= 0.6 is 11.8 Å².